The van der Waals surface area contributed by atoms with E-state index < -0.39 is 15.4 Å². The van der Waals surface area contributed by atoms with Crippen LogP contribution in [0.25, 0.3) is 0 Å². The molecule has 0 unspecified atom stereocenters. The van der Waals surface area contributed by atoms with E-state index in [1.807, 2.05) is 0 Å². The number of hydrogen-bond acceptors (Lipinski definition) is 0. The van der Waals surface area contributed by atoms with Gasteiger partial charge in [-0.2, -0.15) is 0 Å². The molecule has 0 atom stereocenters. The van der Waals surface area contributed by atoms with Gasteiger partial charge in [0.25, 0.3) is 0 Å². The molecule has 0 aliphatic heterocycles. The van der Waals surface area contributed by atoms with Gasteiger partial charge in [-0.1, -0.05) is 5.30 Å². The molecule has 0 N–H and O–H groups in total. The van der Waals surface area contributed by atoms with Crippen LogP contribution in [-0.4, -0.2) is 50.5 Å². The van der Waals surface area contributed by atoms with Crippen LogP contribution in [-0.2, 0) is 0 Å². The molecule has 0 saturated heterocycles. The van der Waals surface area contributed by atoms with Gasteiger partial charge in [0.15, 0.2) is 0 Å². The van der Waals surface area contributed by atoms with E-state index in [0.29, 0.717) is 0 Å². The fourth-order valence-electron chi connectivity index (χ4n) is 0.353. The lowest BCUT2D eigenvalue weighted by Gasteiger charge is -2.26. The van der Waals surface area contributed by atoms with Crippen molar-refractivity contribution < 1.29 is 0 Å². The minimum absolute atomic E-state index is 0.185. The predicted octanol–water partition coefficient (Wildman–Crippen LogP) is -0.645. The highest BCUT2D eigenvalue weighted by atomic mass is 31.2. The molecule has 0 aromatic rings. The average Bonchev–Trinajstić information content (AvgIpc) is 1.64. The molecule has 0 spiro atoms. The van der Waals surface area contributed by atoms with E-state index in [1.54, 1.807) is 0 Å². The fraction of sp³-hybridized carbons (Fsp3) is 1.00. The lowest BCUT2D eigenvalue weighted by Crippen LogP contribution is -2.13. The minimum atomic E-state index is -1.11. The summed E-state index contributed by atoms with van der Waals surface area (Å²) < 4.78 is 0. The molecule has 33 valence electrons. The van der Waals surface area contributed by atoms with Crippen LogP contribution in [0.2, 0.25) is 0 Å². The highest BCUT2D eigenvalue weighted by Crippen LogP contribution is 2.46. The van der Waals surface area contributed by atoms with Crippen molar-refractivity contribution in [2.45, 2.75) is 5.30 Å². The Balaban J connectivity index is 3.68. The van der Waals surface area contributed by atoms with Gasteiger partial charge in [-0.3, -0.25) is 0 Å². The second-order valence-corrected chi connectivity index (χ2v) is 4.81. The smallest absolute Gasteiger partial charge is 0.0945 e. The second-order valence-electron chi connectivity index (χ2n) is 1.50. The Labute approximate surface area is 66.3 Å². The molecule has 0 aliphatic carbocycles. The maximum absolute atomic E-state index is 5.34. The molecule has 11 radical (unpaired) electrons. The molecule has 0 bridgehead atoms. The maximum Gasteiger partial charge on any atom is 0.0945 e. The van der Waals surface area contributed by atoms with E-state index in [4.69, 9.17) is 38.0 Å². The summed E-state index contributed by atoms with van der Waals surface area (Å²) in [5.74, 6) is 0. The lowest BCUT2D eigenvalue weighted by atomic mass is 9.58. The second kappa shape index (κ2) is 4.97. The molecule has 0 rings (SSSR count). The Morgan fingerprint density at radius 3 is 1.33 bits per heavy atom. The molecule has 0 saturated carbocycles. The predicted molar refractivity (Wildman–Crippen MR) is 52.2 cm³/mol. The van der Waals surface area contributed by atoms with E-state index >= 15 is 0 Å². The van der Waals surface area contributed by atoms with Gasteiger partial charge in [0.1, 0.15) is 0 Å². The highest BCUT2D eigenvalue weighted by molar-refractivity contribution is 8.16. The van der Waals surface area contributed by atoms with Gasteiger partial charge in [-0.15, -0.1) is 0 Å². The first kappa shape index (κ1) is 10.2. The van der Waals surface area contributed by atoms with Gasteiger partial charge in [0.2, 0.25) is 0 Å². The molecule has 0 nitrogen and oxygen atoms in total. The van der Waals surface area contributed by atoms with Crippen molar-refractivity contribution in [3.8, 4) is 0 Å². The third-order valence-electron chi connectivity index (χ3n) is 0.783. The van der Waals surface area contributed by atoms with Crippen LogP contribution < -0.4 is 0 Å². The zero-order valence-corrected chi connectivity index (χ0v) is 6.72. The first-order valence-electron chi connectivity index (χ1n) is 2.22. The summed E-state index contributed by atoms with van der Waals surface area (Å²) in [4.78, 5) is 0. The van der Waals surface area contributed by atoms with Crippen LogP contribution in [0, 0.1) is 0 Å². The van der Waals surface area contributed by atoms with Gasteiger partial charge in [-0.05, 0) is 0 Å². The fourth-order valence-corrected chi connectivity index (χ4v) is 1.98. The Morgan fingerprint density at radius 2 is 1.33 bits per heavy atom. The molecule has 8 heteroatoms. The first-order chi connectivity index (χ1) is 4.09. The summed E-state index contributed by atoms with van der Waals surface area (Å²) in [6.45, 7) is 0. The van der Waals surface area contributed by atoms with Crippen LogP contribution >= 0.6 is 15.4 Å². The van der Waals surface area contributed by atoms with Crippen LogP contribution in [0.3, 0.4) is 0 Å². The van der Waals surface area contributed by atoms with Crippen molar-refractivity contribution in [1.82, 2.24) is 0 Å². The lowest BCUT2D eigenvalue weighted by molar-refractivity contribution is 1.99. The highest BCUT2D eigenvalue weighted by Gasteiger charge is 2.10. The summed E-state index contributed by atoms with van der Waals surface area (Å²) in [6, 6.07) is 0. The Bertz CT molecular complexity index is 65.5. The summed E-state index contributed by atoms with van der Waals surface area (Å²) >= 11 is 0. The third-order valence-corrected chi connectivity index (χ3v) is 3.95. The Kier molecular flexibility index (Phi) is 5.66. The summed E-state index contributed by atoms with van der Waals surface area (Å²) in [7, 11) is 25.7. The molecule has 0 fully saturated rings. The normalized spacial score (nSPS) is 11.0. The summed E-state index contributed by atoms with van der Waals surface area (Å²) in [6.07, 6.45) is 0. The van der Waals surface area contributed by atoms with Crippen LogP contribution in [0.4, 0.5) is 0 Å². The van der Waals surface area contributed by atoms with E-state index in [1.165, 1.54) is 7.17 Å². The van der Waals surface area contributed by atoms with Gasteiger partial charge in [-0.25, -0.2) is 15.4 Å². The van der Waals surface area contributed by atoms with E-state index in [0.717, 1.165) is 0 Å². The van der Waals surface area contributed by atoms with Gasteiger partial charge < -0.3 is 0 Å². The number of rotatable bonds is 3. The number of hydrogen-bond donors (Lipinski definition) is 0. The Morgan fingerprint density at radius 1 is 1.00 bits per heavy atom. The first-order valence-corrected chi connectivity index (χ1v) is 5.31. The van der Waals surface area contributed by atoms with Gasteiger partial charge >= 0.3 is 0 Å². The molecule has 0 heterocycles. The van der Waals surface area contributed by atoms with E-state index in [2.05, 4.69) is 0 Å². The molecule has 0 amide bonds. The molecule has 0 aromatic carbocycles. The molecular weight excluding hydrogens is 139 g/mol. The quantitative estimate of drug-likeness (QED) is 0.361. The van der Waals surface area contributed by atoms with Crippen molar-refractivity contribution in [3.63, 3.8) is 0 Å². The molecule has 9 heavy (non-hydrogen) atoms. The van der Waals surface area contributed by atoms with Gasteiger partial charge in [0, 0.05) is 7.74 Å². The zero-order valence-electron chi connectivity index (χ0n) is 4.94. The van der Waals surface area contributed by atoms with Crippen LogP contribution in [0.5, 0.6) is 0 Å². The van der Waals surface area contributed by atoms with Crippen LogP contribution in [0.15, 0.2) is 0 Å². The Hall–Kier alpha value is 1.25. The topological polar surface area (TPSA) is 0 Å². The van der Waals surface area contributed by atoms with Crippen molar-refractivity contribution in [1.29, 1.82) is 0 Å². The van der Waals surface area contributed by atoms with Gasteiger partial charge in [0.05, 0.1) is 37.4 Å². The van der Waals surface area contributed by atoms with E-state index in [9.17, 15) is 0 Å². The SMILES string of the molecule is [B][B]C(P([B])[B])P([B])[B]. The van der Waals surface area contributed by atoms with Crippen molar-refractivity contribution in [2.75, 3.05) is 0 Å². The largest absolute Gasteiger partial charge is 0.206 e. The van der Waals surface area contributed by atoms with Crippen molar-refractivity contribution >= 4 is 60.5 Å². The summed E-state index contributed by atoms with van der Waals surface area (Å²) in [5, 5.41) is -0.185. The van der Waals surface area contributed by atoms with Crippen LogP contribution in [0.1, 0.15) is 0 Å². The minimum Gasteiger partial charge on any atom is -0.206 e. The zero-order chi connectivity index (χ0) is 7.44. The maximum atomic E-state index is 5.34. The molecule has 0 aromatic heterocycles. The summed E-state index contributed by atoms with van der Waals surface area (Å²) in [5.41, 5.74) is 0. The molecular formula is CHB6P2. The standard InChI is InChI=1S/CHB6P2/c2-7-1(8(3)4)9(5)6/h1H. The van der Waals surface area contributed by atoms with Crippen molar-refractivity contribution in [2.24, 2.45) is 0 Å². The average molecular weight is 140 g/mol. The molecule has 0 aliphatic rings. The third kappa shape index (κ3) is 3.84. The van der Waals surface area contributed by atoms with Crippen molar-refractivity contribution in [3.05, 3.63) is 0 Å². The van der Waals surface area contributed by atoms with E-state index in [-0.39, 0.29) is 5.30 Å². The monoisotopic (exact) mass is 141 g/mol.